The highest BCUT2D eigenvalue weighted by atomic mass is 32.1. The molecule has 3 rings (SSSR count). The number of carbonyl (C=O) groups is 1. The van der Waals surface area contributed by atoms with Crippen LogP contribution < -0.4 is 5.32 Å². The molecule has 2 aromatic rings. The van der Waals surface area contributed by atoms with Crippen LogP contribution in [0.3, 0.4) is 0 Å². The topological polar surface area (TPSA) is 73.6 Å². The molecule has 0 bridgehead atoms. The third-order valence-electron chi connectivity index (χ3n) is 3.72. The van der Waals surface area contributed by atoms with E-state index in [1.165, 1.54) is 6.07 Å². The van der Waals surface area contributed by atoms with Gasteiger partial charge in [0, 0.05) is 18.0 Å². The largest absolute Gasteiger partial charge is 0.364 e. The van der Waals surface area contributed by atoms with Gasteiger partial charge in [0.05, 0.1) is 18.6 Å². The number of anilines is 1. The van der Waals surface area contributed by atoms with Crippen LogP contribution in [-0.2, 0) is 14.3 Å². The van der Waals surface area contributed by atoms with Crippen molar-refractivity contribution in [1.29, 1.82) is 0 Å². The van der Waals surface area contributed by atoms with Gasteiger partial charge < -0.3 is 19.3 Å². The number of aromatic nitrogens is 1. The molecule has 1 aromatic heterocycles. The van der Waals surface area contributed by atoms with E-state index in [9.17, 15) is 13.6 Å². The maximum Gasteiger partial charge on any atom is 0.207 e. The maximum absolute atomic E-state index is 14.2. The number of carbonyl (C=O) groups excluding carboxylic acids is 1. The van der Waals surface area contributed by atoms with Crippen molar-refractivity contribution in [2.45, 2.75) is 32.1 Å². The van der Waals surface area contributed by atoms with Gasteiger partial charge in [-0.15, -0.1) is 12.6 Å². The summed E-state index contributed by atoms with van der Waals surface area (Å²) in [5.74, 6) is -1.95. The quantitative estimate of drug-likeness (QED) is 0.773. The molecule has 6 nitrogen and oxygen atoms in total. The molecule has 2 heterocycles. The first-order valence-electron chi connectivity index (χ1n) is 7.46. The maximum atomic E-state index is 14.2. The molecule has 0 saturated carbocycles. The van der Waals surface area contributed by atoms with E-state index in [1.807, 2.05) is 6.92 Å². The Kier molecular flexibility index (Phi) is 5.02. The van der Waals surface area contributed by atoms with Crippen LogP contribution >= 0.6 is 12.6 Å². The van der Waals surface area contributed by atoms with Crippen LogP contribution in [0.25, 0.3) is 11.0 Å². The van der Waals surface area contributed by atoms with Crippen molar-refractivity contribution in [2.24, 2.45) is 0 Å². The molecule has 0 spiro atoms. The highest BCUT2D eigenvalue weighted by Gasteiger charge is 2.28. The SMILES string of the molecule is C[C@H](CCC(=O)S)Nc1noc2c(F)c(F)c(C3OCCO3)cc12. The standard InChI is InChI=1S/C15H16F2N2O4S/c1-7(2-3-10(20)24)18-14-9-6-8(15-21-4-5-22-15)11(16)12(17)13(9)23-19-14/h6-7,15H,2-5H2,1H3,(H,18,19)(H,20,24)/t7-/m1/s1. The first kappa shape index (κ1) is 17.1. The van der Waals surface area contributed by atoms with Gasteiger partial charge in [-0.25, -0.2) is 4.39 Å². The molecular weight excluding hydrogens is 342 g/mol. The van der Waals surface area contributed by atoms with Crippen molar-refractivity contribution in [3.05, 3.63) is 23.3 Å². The first-order valence-corrected chi connectivity index (χ1v) is 7.91. The lowest BCUT2D eigenvalue weighted by molar-refractivity contribution is -0.110. The van der Waals surface area contributed by atoms with E-state index in [0.717, 1.165) is 0 Å². The molecule has 1 N–H and O–H groups in total. The molecule has 1 aromatic carbocycles. The summed E-state index contributed by atoms with van der Waals surface area (Å²) < 4.78 is 43.8. The lowest BCUT2D eigenvalue weighted by Crippen LogP contribution is -2.16. The Morgan fingerprint density at radius 3 is 2.79 bits per heavy atom. The second-order valence-corrected chi connectivity index (χ2v) is 6.05. The van der Waals surface area contributed by atoms with Gasteiger partial charge in [0.25, 0.3) is 0 Å². The average molecular weight is 358 g/mol. The van der Waals surface area contributed by atoms with Crippen LogP contribution in [0.1, 0.15) is 31.6 Å². The zero-order chi connectivity index (χ0) is 17.3. The van der Waals surface area contributed by atoms with Gasteiger partial charge in [-0.2, -0.15) is 4.39 Å². The van der Waals surface area contributed by atoms with E-state index >= 15 is 0 Å². The number of benzene rings is 1. The number of hydrogen-bond acceptors (Lipinski definition) is 6. The van der Waals surface area contributed by atoms with E-state index in [-0.39, 0.29) is 39.9 Å². The zero-order valence-corrected chi connectivity index (χ0v) is 13.7. The number of halogens is 2. The zero-order valence-electron chi connectivity index (χ0n) is 12.8. The summed E-state index contributed by atoms with van der Waals surface area (Å²) in [6.07, 6.45) is -0.154. The van der Waals surface area contributed by atoms with Crippen molar-refractivity contribution in [2.75, 3.05) is 18.5 Å². The smallest absolute Gasteiger partial charge is 0.207 e. The van der Waals surface area contributed by atoms with Crippen LogP contribution in [0, 0.1) is 11.6 Å². The molecule has 0 aliphatic carbocycles. The fourth-order valence-electron chi connectivity index (χ4n) is 2.49. The van der Waals surface area contributed by atoms with Gasteiger partial charge in [0.15, 0.2) is 23.0 Å². The third kappa shape index (κ3) is 3.38. The molecule has 130 valence electrons. The molecule has 0 unspecified atom stereocenters. The molecule has 1 saturated heterocycles. The Bertz CT molecular complexity index is 762. The Hall–Kier alpha value is -1.71. The lowest BCUT2D eigenvalue weighted by atomic mass is 10.1. The molecule has 1 aliphatic heterocycles. The highest BCUT2D eigenvalue weighted by Crippen LogP contribution is 2.34. The fourth-order valence-corrected chi connectivity index (χ4v) is 2.62. The van der Waals surface area contributed by atoms with Crippen molar-refractivity contribution in [1.82, 2.24) is 5.16 Å². The number of nitrogens with one attached hydrogen (secondary N) is 1. The van der Waals surface area contributed by atoms with Crippen LogP contribution in [0.2, 0.25) is 0 Å². The molecule has 1 atom stereocenters. The van der Waals surface area contributed by atoms with Crippen molar-refractivity contribution >= 4 is 34.5 Å². The predicted octanol–water partition coefficient (Wildman–Crippen LogP) is 3.19. The average Bonchev–Trinajstić information content (AvgIpc) is 3.19. The summed E-state index contributed by atoms with van der Waals surface area (Å²) in [7, 11) is 0. The van der Waals surface area contributed by atoms with E-state index in [0.29, 0.717) is 19.6 Å². The third-order valence-corrected chi connectivity index (χ3v) is 3.95. The van der Waals surface area contributed by atoms with E-state index in [4.69, 9.17) is 14.0 Å². The normalized spacial score (nSPS) is 16.7. The number of thiol groups is 1. The number of hydrogen-bond donors (Lipinski definition) is 2. The van der Waals surface area contributed by atoms with E-state index in [2.05, 4.69) is 23.1 Å². The Balaban J connectivity index is 1.90. The van der Waals surface area contributed by atoms with Gasteiger partial charge in [-0.3, -0.25) is 4.79 Å². The van der Waals surface area contributed by atoms with Gasteiger partial charge in [0.2, 0.25) is 11.4 Å². The minimum Gasteiger partial charge on any atom is -0.364 e. The lowest BCUT2D eigenvalue weighted by Gasteiger charge is -2.13. The predicted molar refractivity (Wildman–Crippen MR) is 84.9 cm³/mol. The fraction of sp³-hybridized carbons (Fsp3) is 0.467. The number of fused-ring (bicyclic) bond motifs is 1. The Morgan fingerprint density at radius 2 is 2.12 bits per heavy atom. The number of ether oxygens (including phenoxy) is 2. The molecule has 0 radical (unpaired) electrons. The molecule has 1 fully saturated rings. The summed E-state index contributed by atoms with van der Waals surface area (Å²) in [4.78, 5) is 10.9. The summed E-state index contributed by atoms with van der Waals surface area (Å²) in [6.45, 7) is 2.46. The summed E-state index contributed by atoms with van der Waals surface area (Å²) in [5, 5.41) is 6.84. The van der Waals surface area contributed by atoms with Gasteiger partial charge >= 0.3 is 0 Å². The van der Waals surface area contributed by atoms with Gasteiger partial charge in [-0.05, 0) is 19.4 Å². The van der Waals surface area contributed by atoms with E-state index in [1.54, 1.807) is 0 Å². The molecule has 1 aliphatic rings. The summed E-state index contributed by atoms with van der Waals surface area (Å²) in [6, 6.07) is 1.27. The Morgan fingerprint density at radius 1 is 1.42 bits per heavy atom. The van der Waals surface area contributed by atoms with Gasteiger partial charge in [0.1, 0.15) is 0 Å². The van der Waals surface area contributed by atoms with Crippen LogP contribution in [0.4, 0.5) is 14.6 Å². The number of rotatable bonds is 6. The minimum atomic E-state index is -1.14. The van der Waals surface area contributed by atoms with Crippen LogP contribution in [0.5, 0.6) is 0 Å². The van der Waals surface area contributed by atoms with Gasteiger partial charge in [-0.1, -0.05) is 5.16 Å². The van der Waals surface area contributed by atoms with Crippen molar-refractivity contribution < 1.29 is 27.6 Å². The highest BCUT2D eigenvalue weighted by molar-refractivity contribution is 7.96. The summed E-state index contributed by atoms with van der Waals surface area (Å²) >= 11 is 3.71. The Labute approximate surface area is 141 Å². The molecular formula is C15H16F2N2O4S. The van der Waals surface area contributed by atoms with Crippen molar-refractivity contribution in [3.63, 3.8) is 0 Å². The molecule has 0 amide bonds. The first-order chi connectivity index (χ1) is 11.5. The van der Waals surface area contributed by atoms with E-state index < -0.39 is 17.9 Å². The molecule has 24 heavy (non-hydrogen) atoms. The second kappa shape index (κ2) is 7.04. The minimum absolute atomic E-state index is 0.0399. The molecule has 9 heteroatoms. The monoisotopic (exact) mass is 358 g/mol. The van der Waals surface area contributed by atoms with Crippen molar-refractivity contribution in [3.8, 4) is 0 Å². The number of nitrogens with zero attached hydrogens (tertiary/aromatic N) is 1. The van der Waals surface area contributed by atoms with Crippen LogP contribution in [0.15, 0.2) is 10.6 Å². The van der Waals surface area contributed by atoms with Crippen LogP contribution in [-0.4, -0.2) is 29.5 Å². The second-order valence-electron chi connectivity index (χ2n) is 5.55. The summed E-state index contributed by atoms with van der Waals surface area (Å²) in [5.41, 5.74) is -0.323.